The van der Waals surface area contributed by atoms with Crippen molar-refractivity contribution >= 4 is 22.0 Å². The molecule has 0 atom stereocenters. The number of carbonyl (C=O) groups is 1. The van der Waals surface area contributed by atoms with Crippen LogP contribution in [0, 0.1) is 6.92 Å². The Morgan fingerprint density at radius 2 is 2.26 bits per heavy atom. The molecule has 0 fully saturated rings. The fourth-order valence-corrected chi connectivity index (χ4v) is 1.95. The van der Waals surface area contributed by atoms with Gasteiger partial charge in [0.25, 0.3) is 0 Å². The number of amides is 1. The lowest BCUT2D eigenvalue weighted by molar-refractivity contribution is 0.194. The average molecular weight is 326 g/mol. The zero-order chi connectivity index (χ0) is 13.8. The molecule has 2 aromatic rings. The summed E-state index contributed by atoms with van der Waals surface area (Å²) in [7, 11) is 0. The van der Waals surface area contributed by atoms with Gasteiger partial charge in [-0.3, -0.25) is 0 Å². The molecule has 0 unspecified atom stereocenters. The summed E-state index contributed by atoms with van der Waals surface area (Å²) in [5, 5.41) is 18.6. The highest BCUT2D eigenvalue weighted by Crippen LogP contribution is 2.27. The molecule has 0 saturated carbocycles. The number of hydrogen-bond acceptors (Lipinski definition) is 4. The normalized spacial score (nSPS) is 10.4. The smallest absolute Gasteiger partial charge is 0.404 e. The minimum Gasteiger partial charge on any atom is -0.465 e. The van der Waals surface area contributed by atoms with Crippen LogP contribution in [0.3, 0.4) is 0 Å². The summed E-state index contributed by atoms with van der Waals surface area (Å²) in [5.74, 6) is 0.840. The topological polar surface area (TPSA) is 88.2 Å². The number of hydrogen-bond donors (Lipinski definition) is 2. The van der Waals surface area contributed by atoms with Crippen molar-refractivity contribution in [2.75, 3.05) is 6.54 Å². The molecule has 19 heavy (non-hydrogen) atoms. The largest absolute Gasteiger partial charge is 0.465 e. The predicted molar refractivity (Wildman–Crippen MR) is 71.9 cm³/mol. The van der Waals surface area contributed by atoms with E-state index in [-0.39, 0.29) is 6.54 Å². The van der Waals surface area contributed by atoms with E-state index in [0.717, 1.165) is 15.6 Å². The van der Waals surface area contributed by atoms with Crippen LogP contribution in [-0.4, -0.2) is 27.9 Å². The SMILES string of the molecule is Cc1c(Br)cccc1-c1nnc(CCNC(=O)O)o1. The van der Waals surface area contributed by atoms with Gasteiger partial charge in [0.15, 0.2) is 0 Å². The molecule has 1 amide bonds. The first-order valence-electron chi connectivity index (χ1n) is 5.62. The van der Waals surface area contributed by atoms with Gasteiger partial charge in [0.2, 0.25) is 11.8 Å². The Bertz CT molecular complexity index is 598. The van der Waals surface area contributed by atoms with Gasteiger partial charge in [-0.1, -0.05) is 22.0 Å². The van der Waals surface area contributed by atoms with E-state index in [1.54, 1.807) is 0 Å². The summed E-state index contributed by atoms with van der Waals surface area (Å²) in [6.45, 7) is 2.20. The standard InChI is InChI=1S/C12H12BrN3O3/c1-7-8(3-2-4-9(7)13)11-16-15-10(19-11)5-6-14-12(17)18/h2-4,14H,5-6H2,1H3,(H,17,18). The Labute approximate surface area is 118 Å². The van der Waals surface area contributed by atoms with E-state index in [1.165, 1.54) is 0 Å². The number of halogens is 1. The summed E-state index contributed by atoms with van der Waals surface area (Å²) in [4.78, 5) is 10.3. The molecule has 0 radical (unpaired) electrons. The van der Waals surface area contributed by atoms with Crippen molar-refractivity contribution in [2.24, 2.45) is 0 Å². The molecule has 2 N–H and O–H groups in total. The van der Waals surface area contributed by atoms with Crippen LogP contribution in [0.4, 0.5) is 4.79 Å². The minimum atomic E-state index is -1.07. The van der Waals surface area contributed by atoms with Gasteiger partial charge in [-0.15, -0.1) is 10.2 Å². The Kier molecular flexibility index (Phi) is 4.16. The molecule has 0 aliphatic heterocycles. The molecule has 6 nitrogen and oxygen atoms in total. The lowest BCUT2D eigenvalue weighted by atomic mass is 10.1. The monoisotopic (exact) mass is 325 g/mol. The molecule has 0 bridgehead atoms. The fourth-order valence-electron chi connectivity index (χ4n) is 1.58. The molecule has 100 valence electrons. The van der Waals surface area contributed by atoms with Crippen LogP contribution in [-0.2, 0) is 6.42 Å². The van der Waals surface area contributed by atoms with Crippen LogP contribution in [0.15, 0.2) is 27.1 Å². The Morgan fingerprint density at radius 3 is 3.00 bits per heavy atom. The van der Waals surface area contributed by atoms with Gasteiger partial charge < -0.3 is 14.8 Å². The van der Waals surface area contributed by atoms with E-state index in [0.29, 0.717) is 18.2 Å². The zero-order valence-corrected chi connectivity index (χ0v) is 11.8. The number of nitrogens with zero attached hydrogens (tertiary/aromatic N) is 2. The van der Waals surface area contributed by atoms with Gasteiger partial charge in [0, 0.05) is 23.0 Å². The summed E-state index contributed by atoms with van der Waals surface area (Å²) in [6, 6.07) is 5.72. The lowest BCUT2D eigenvalue weighted by Gasteiger charge is -2.02. The van der Waals surface area contributed by atoms with Crippen LogP contribution >= 0.6 is 15.9 Å². The molecular formula is C12H12BrN3O3. The van der Waals surface area contributed by atoms with Crippen LogP contribution < -0.4 is 5.32 Å². The molecule has 7 heteroatoms. The van der Waals surface area contributed by atoms with E-state index < -0.39 is 6.09 Å². The van der Waals surface area contributed by atoms with E-state index in [4.69, 9.17) is 9.52 Å². The molecule has 1 aromatic carbocycles. The fraction of sp³-hybridized carbons (Fsp3) is 0.250. The highest BCUT2D eigenvalue weighted by molar-refractivity contribution is 9.10. The van der Waals surface area contributed by atoms with Crippen molar-refractivity contribution in [1.82, 2.24) is 15.5 Å². The third-order valence-corrected chi connectivity index (χ3v) is 3.44. The van der Waals surface area contributed by atoms with Gasteiger partial charge >= 0.3 is 6.09 Å². The quantitative estimate of drug-likeness (QED) is 0.902. The summed E-state index contributed by atoms with van der Waals surface area (Å²) in [6.07, 6.45) is -0.700. The maximum Gasteiger partial charge on any atom is 0.404 e. The number of rotatable bonds is 4. The van der Waals surface area contributed by atoms with E-state index in [9.17, 15) is 4.79 Å². The van der Waals surface area contributed by atoms with E-state index >= 15 is 0 Å². The molecule has 0 saturated heterocycles. The summed E-state index contributed by atoms with van der Waals surface area (Å²) >= 11 is 3.44. The number of benzene rings is 1. The first kappa shape index (κ1) is 13.5. The predicted octanol–water partition coefficient (Wildman–Crippen LogP) is 2.62. The third kappa shape index (κ3) is 3.31. The van der Waals surface area contributed by atoms with E-state index in [2.05, 4.69) is 31.4 Å². The van der Waals surface area contributed by atoms with Crippen molar-refractivity contribution in [2.45, 2.75) is 13.3 Å². The van der Waals surface area contributed by atoms with Gasteiger partial charge in [-0.05, 0) is 24.6 Å². The molecular weight excluding hydrogens is 314 g/mol. The summed E-state index contributed by atoms with van der Waals surface area (Å²) in [5.41, 5.74) is 1.88. The van der Waals surface area contributed by atoms with Crippen molar-refractivity contribution in [1.29, 1.82) is 0 Å². The Hall–Kier alpha value is -1.89. The van der Waals surface area contributed by atoms with Crippen LogP contribution in [0.25, 0.3) is 11.5 Å². The second-order valence-electron chi connectivity index (χ2n) is 3.90. The first-order valence-corrected chi connectivity index (χ1v) is 6.42. The Morgan fingerprint density at radius 1 is 1.47 bits per heavy atom. The maximum atomic E-state index is 10.3. The highest BCUT2D eigenvalue weighted by atomic mass is 79.9. The zero-order valence-electron chi connectivity index (χ0n) is 10.2. The van der Waals surface area contributed by atoms with Crippen molar-refractivity contribution in [3.05, 3.63) is 34.1 Å². The number of carboxylic acid groups (broad SMARTS) is 1. The number of nitrogens with one attached hydrogen (secondary N) is 1. The second kappa shape index (κ2) is 5.83. The highest BCUT2D eigenvalue weighted by Gasteiger charge is 2.12. The van der Waals surface area contributed by atoms with E-state index in [1.807, 2.05) is 25.1 Å². The molecule has 2 rings (SSSR count). The first-order chi connectivity index (χ1) is 9.08. The molecule has 0 aliphatic rings. The lowest BCUT2D eigenvalue weighted by Crippen LogP contribution is -2.23. The maximum absolute atomic E-state index is 10.3. The van der Waals surface area contributed by atoms with Crippen LogP contribution in [0.5, 0.6) is 0 Å². The van der Waals surface area contributed by atoms with Gasteiger partial charge in [0.1, 0.15) is 0 Å². The third-order valence-electron chi connectivity index (χ3n) is 2.58. The van der Waals surface area contributed by atoms with Crippen LogP contribution in [0.1, 0.15) is 11.5 Å². The van der Waals surface area contributed by atoms with Gasteiger partial charge in [-0.2, -0.15) is 0 Å². The molecule has 1 aromatic heterocycles. The van der Waals surface area contributed by atoms with Gasteiger partial charge in [0.05, 0.1) is 0 Å². The van der Waals surface area contributed by atoms with Crippen molar-refractivity contribution < 1.29 is 14.3 Å². The van der Waals surface area contributed by atoms with Gasteiger partial charge in [-0.25, -0.2) is 4.79 Å². The number of aromatic nitrogens is 2. The van der Waals surface area contributed by atoms with Crippen LogP contribution in [0.2, 0.25) is 0 Å². The molecule has 0 aliphatic carbocycles. The average Bonchev–Trinajstić information content (AvgIpc) is 2.81. The van der Waals surface area contributed by atoms with Crippen molar-refractivity contribution in [3.8, 4) is 11.5 Å². The van der Waals surface area contributed by atoms with Crippen molar-refractivity contribution in [3.63, 3.8) is 0 Å². The molecule has 1 heterocycles. The minimum absolute atomic E-state index is 0.244. The molecule has 0 spiro atoms. The summed E-state index contributed by atoms with van der Waals surface area (Å²) < 4.78 is 6.48. The second-order valence-corrected chi connectivity index (χ2v) is 4.75. The Balaban J connectivity index is 2.12.